The maximum atomic E-state index is 11.2. The van der Waals surface area contributed by atoms with Crippen LogP contribution < -0.4 is 11.1 Å². The molecule has 1 amide bonds. The van der Waals surface area contributed by atoms with Crippen LogP contribution in [0.3, 0.4) is 0 Å². The van der Waals surface area contributed by atoms with Crippen molar-refractivity contribution in [3.8, 4) is 0 Å². The average molecular weight is 238 g/mol. The zero-order chi connectivity index (χ0) is 11.5. The molecule has 16 heavy (non-hydrogen) atoms. The van der Waals surface area contributed by atoms with Crippen molar-refractivity contribution in [2.24, 2.45) is 10.7 Å². The van der Waals surface area contributed by atoms with E-state index in [0.29, 0.717) is 18.8 Å². The molecule has 1 aliphatic heterocycles. The number of carbonyl (C=O) groups is 1. The second-order valence-corrected chi connectivity index (χ2v) is 3.91. The van der Waals surface area contributed by atoms with Gasteiger partial charge in [-0.05, 0) is 23.3 Å². The molecule has 1 aromatic carbocycles. The molecule has 3 N–H and O–H groups in total. The molecule has 4 nitrogen and oxygen atoms in total. The number of hydrogen-bond donors (Lipinski definition) is 2. The number of amidine groups is 1. The highest BCUT2D eigenvalue weighted by atomic mass is 35.5. The SMILES string of the molecule is NC(CCl)=Nc1ccc2c(c1)CNC(=O)C2. The zero-order valence-electron chi connectivity index (χ0n) is 8.66. The van der Waals surface area contributed by atoms with Crippen LogP contribution >= 0.6 is 11.6 Å². The molecule has 84 valence electrons. The summed E-state index contributed by atoms with van der Waals surface area (Å²) in [5, 5.41) is 2.79. The summed E-state index contributed by atoms with van der Waals surface area (Å²) in [5.41, 5.74) is 8.46. The summed E-state index contributed by atoms with van der Waals surface area (Å²) in [6.45, 7) is 0.554. The Bertz CT molecular complexity index is 457. The minimum absolute atomic E-state index is 0.0593. The topological polar surface area (TPSA) is 67.5 Å². The molecule has 1 aliphatic rings. The van der Waals surface area contributed by atoms with E-state index in [0.717, 1.165) is 16.8 Å². The molecule has 5 heteroatoms. The van der Waals surface area contributed by atoms with Crippen LogP contribution in [0.25, 0.3) is 0 Å². The van der Waals surface area contributed by atoms with Gasteiger partial charge in [-0.1, -0.05) is 6.07 Å². The third-order valence-corrected chi connectivity index (χ3v) is 2.70. The molecule has 0 bridgehead atoms. The van der Waals surface area contributed by atoms with Gasteiger partial charge in [0.1, 0.15) is 5.84 Å². The Morgan fingerprint density at radius 1 is 1.50 bits per heavy atom. The van der Waals surface area contributed by atoms with Crippen LogP contribution in [0.5, 0.6) is 0 Å². The van der Waals surface area contributed by atoms with Crippen molar-refractivity contribution in [1.82, 2.24) is 5.32 Å². The van der Waals surface area contributed by atoms with Crippen LogP contribution in [0.2, 0.25) is 0 Å². The number of nitrogens with one attached hydrogen (secondary N) is 1. The Morgan fingerprint density at radius 3 is 3.06 bits per heavy atom. The summed E-state index contributed by atoms with van der Waals surface area (Å²) >= 11 is 5.55. The largest absolute Gasteiger partial charge is 0.386 e. The van der Waals surface area contributed by atoms with Gasteiger partial charge < -0.3 is 11.1 Å². The number of aliphatic imine (C=N–C) groups is 1. The first-order valence-corrected chi connectivity index (χ1v) is 5.50. The van der Waals surface area contributed by atoms with Gasteiger partial charge in [0.2, 0.25) is 5.91 Å². The lowest BCUT2D eigenvalue weighted by molar-refractivity contribution is -0.121. The highest BCUT2D eigenvalue weighted by Crippen LogP contribution is 2.21. The van der Waals surface area contributed by atoms with E-state index in [1.165, 1.54) is 0 Å². The van der Waals surface area contributed by atoms with Crippen LogP contribution in [0.1, 0.15) is 11.1 Å². The normalized spacial score (nSPS) is 15.6. The minimum Gasteiger partial charge on any atom is -0.386 e. The van der Waals surface area contributed by atoms with E-state index in [4.69, 9.17) is 17.3 Å². The smallest absolute Gasteiger partial charge is 0.224 e. The summed E-state index contributed by atoms with van der Waals surface area (Å²) in [4.78, 5) is 15.3. The predicted octanol–water partition coefficient (Wildman–Crippen LogP) is 1.09. The summed E-state index contributed by atoms with van der Waals surface area (Å²) in [6, 6.07) is 5.68. The minimum atomic E-state index is 0.0593. The van der Waals surface area contributed by atoms with E-state index in [2.05, 4.69) is 10.3 Å². The third-order valence-electron chi connectivity index (χ3n) is 2.43. The number of rotatable bonds is 2. The summed E-state index contributed by atoms with van der Waals surface area (Å²) < 4.78 is 0. The Hall–Kier alpha value is -1.55. The number of halogens is 1. The van der Waals surface area contributed by atoms with Gasteiger partial charge in [-0.2, -0.15) is 0 Å². The van der Waals surface area contributed by atoms with Gasteiger partial charge in [-0.25, -0.2) is 4.99 Å². The number of nitrogens with zero attached hydrogens (tertiary/aromatic N) is 1. The lowest BCUT2D eigenvalue weighted by Gasteiger charge is -2.16. The Balaban J connectivity index is 2.29. The van der Waals surface area contributed by atoms with E-state index in [1.54, 1.807) is 0 Å². The van der Waals surface area contributed by atoms with Gasteiger partial charge in [-0.3, -0.25) is 4.79 Å². The fourth-order valence-corrected chi connectivity index (χ4v) is 1.70. The third kappa shape index (κ3) is 2.33. The van der Waals surface area contributed by atoms with E-state index < -0.39 is 0 Å². The average Bonchev–Trinajstić information content (AvgIpc) is 2.29. The molecule has 1 heterocycles. The van der Waals surface area contributed by atoms with Crippen LogP contribution in [-0.2, 0) is 17.8 Å². The molecule has 0 spiro atoms. The number of fused-ring (bicyclic) bond motifs is 1. The number of carbonyl (C=O) groups excluding carboxylic acids is 1. The molecule has 0 atom stereocenters. The summed E-state index contributed by atoms with van der Waals surface area (Å²) in [7, 11) is 0. The van der Waals surface area contributed by atoms with E-state index in [9.17, 15) is 4.79 Å². The number of amides is 1. The van der Waals surface area contributed by atoms with Crippen LogP contribution in [0.15, 0.2) is 23.2 Å². The Labute approximate surface area is 98.5 Å². The summed E-state index contributed by atoms with van der Waals surface area (Å²) in [5.74, 6) is 0.666. The number of alkyl halides is 1. The second kappa shape index (κ2) is 4.53. The van der Waals surface area contributed by atoms with Crippen molar-refractivity contribution in [2.75, 3.05) is 5.88 Å². The second-order valence-electron chi connectivity index (χ2n) is 3.64. The Kier molecular flexibility index (Phi) is 3.10. The van der Waals surface area contributed by atoms with E-state index >= 15 is 0 Å². The van der Waals surface area contributed by atoms with Gasteiger partial charge >= 0.3 is 0 Å². The standard InChI is InChI=1S/C11H12ClN3O/c12-5-10(13)15-9-2-1-7-4-11(16)14-6-8(7)3-9/h1-3H,4-6H2,(H2,13,15)(H,14,16). The monoisotopic (exact) mass is 237 g/mol. The van der Waals surface area contributed by atoms with E-state index in [-0.39, 0.29) is 11.8 Å². The van der Waals surface area contributed by atoms with Gasteiger partial charge in [0.05, 0.1) is 18.0 Å². The van der Waals surface area contributed by atoms with Gasteiger partial charge in [0.15, 0.2) is 0 Å². The molecule has 0 fully saturated rings. The maximum absolute atomic E-state index is 11.2. The van der Waals surface area contributed by atoms with Gasteiger partial charge in [0.25, 0.3) is 0 Å². The first-order valence-electron chi connectivity index (χ1n) is 4.96. The van der Waals surface area contributed by atoms with Crippen molar-refractivity contribution in [1.29, 1.82) is 0 Å². The molecule has 0 saturated heterocycles. The molecule has 1 aromatic rings. The fraction of sp³-hybridized carbons (Fsp3) is 0.273. The highest BCUT2D eigenvalue weighted by Gasteiger charge is 2.14. The van der Waals surface area contributed by atoms with Crippen molar-refractivity contribution in [3.05, 3.63) is 29.3 Å². The first-order chi connectivity index (χ1) is 7.69. The van der Waals surface area contributed by atoms with Crippen LogP contribution in [-0.4, -0.2) is 17.6 Å². The van der Waals surface area contributed by atoms with Gasteiger partial charge in [0, 0.05) is 6.54 Å². The molecular formula is C11H12ClN3O. The first kappa shape index (κ1) is 11.0. The molecule has 0 aliphatic carbocycles. The highest BCUT2D eigenvalue weighted by molar-refractivity contribution is 6.28. The van der Waals surface area contributed by atoms with Crippen molar-refractivity contribution >= 4 is 29.0 Å². The van der Waals surface area contributed by atoms with Crippen molar-refractivity contribution in [2.45, 2.75) is 13.0 Å². The lowest BCUT2D eigenvalue weighted by Crippen LogP contribution is -2.30. The molecule has 0 saturated carbocycles. The van der Waals surface area contributed by atoms with Crippen LogP contribution in [0.4, 0.5) is 5.69 Å². The molecule has 2 rings (SSSR count). The number of nitrogens with two attached hydrogens (primary N) is 1. The molecular weight excluding hydrogens is 226 g/mol. The number of hydrogen-bond acceptors (Lipinski definition) is 2. The fourth-order valence-electron chi connectivity index (χ4n) is 1.64. The van der Waals surface area contributed by atoms with Crippen molar-refractivity contribution in [3.63, 3.8) is 0 Å². The predicted molar refractivity (Wildman–Crippen MR) is 64.0 cm³/mol. The molecule has 0 aromatic heterocycles. The maximum Gasteiger partial charge on any atom is 0.224 e. The van der Waals surface area contributed by atoms with Crippen LogP contribution in [0, 0.1) is 0 Å². The molecule has 0 unspecified atom stereocenters. The lowest BCUT2D eigenvalue weighted by atomic mass is 10.0. The summed E-state index contributed by atoms with van der Waals surface area (Å²) in [6.07, 6.45) is 0.435. The molecule has 0 radical (unpaired) electrons. The van der Waals surface area contributed by atoms with Crippen molar-refractivity contribution < 1.29 is 4.79 Å². The van der Waals surface area contributed by atoms with E-state index in [1.807, 2.05) is 18.2 Å². The van der Waals surface area contributed by atoms with Gasteiger partial charge in [-0.15, -0.1) is 11.6 Å². The zero-order valence-corrected chi connectivity index (χ0v) is 9.42. The quantitative estimate of drug-likeness (QED) is 0.459. The Morgan fingerprint density at radius 2 is 2.31 bits per heavy atom. The number of benzene rings is 1.